The van der Waals surface area contributed by atoms with Gasteiger partial charge >= 0.3 is 0 Å². The zero-order chi connectivity index (χ0) is 14.0. The number of nitrogen functional groups attached to an aromatic ring is 1. The second-order valence-electron chi connectivity index (χ2n) is 4.42. The molecule has 0 saturated carbocycles. The fraction of sp³-hybridized carbons (Fsp3) is 0.214. The Hall–Kier alpha value is -1.88. The SMILES string of the molecule is Cc1c(N)cc(C(=O)NC(C)c2ccsc2)cc1F. The highest BCUT2D eigenvalue weighted by Gasteiger charge is 2.14. The minimum absolute atomic E-state index is 0.121. The van der Waals surface area contributed by atoms with Crippen LogP contribution in [0.25, 0.3) is 0 Å². The molecule has 1 amide bonds. The van der Waals surface area contributed by atoms with Crippen LogP contribution >= 0.6 is 11.3 Å². The molecule has 0 spiro atoms. The minimum Gasteiger partial charge on any atom is -0.398 e. The summed E-state index contributed by atoms with van der Waals surface area (Å²) in [7, 11) is 0. The Morgan fingerprint density at radius 3 is 2.79 bits per heavy atom. The zero-order valence-electron chi connectivity index (χ0n) is 10.7. The molecular weight excluding hydrogens is 263 g/mol. The van der Waals surface area contributed by atoms with E-state index in [1.54, 1.807) is 18.3 Å². The molecule has 2 rings (SSSR count). The maximum atomic E-state index is 13.6. The first-order valence-corrected chi connectivity index (χ1v) is 6.82. The molecule has 0 aliphatic rings. The molecule has 1 heterocycles. The normalized spacial score (nSPS) is 12.2. The third-order valence-corrected chi connectivity index (χ3v) is 3.74. The lowest BCUT2D eigenvalue weighted by atomic mass is 10.1. The number of halogens is 1. The van der Waals surface area contributed by atoms with Gasteiger partial charge in [-0.2, -0.15) is 11.3 Å². The lowest BCUT2D eigenvalue weighted by Gasteiger charge is -2.13. The van der Waals surface area contributed by atoms with E-state index in [-0.39, 0.29) is 23.2 Å². The van der Waals surface area contributed by atoms with Crippen molar-refractivity contribution in [1.29, 1.82) is 0 Å². The van der Waals surface area contributed by atoms with E-state index >= 15 is 0 Å². The lowest BCUT2D eigenvalue weighted by molar-refractivity contribution is 0.0939. The zero-order valence-corrected chi connectivity index (χ0v) is 11.6. The largest absolute Gasteiger partial charge is 0.398 e. The van der Waals surface area contributed by atoms with Crippen molar-refractivity contribution >= 4 is 22.9 Å². The Kier molecular flexibility index (Phi) is 3.85. The molecule has 3 N–H and O–H groups in total. The van der Waals surface area contributed by atoms with Crippen molar-refractivity contribution in [2.45, 2.75) is 19.9 Å². The second-order valence-corrected chi connectivity index (χ2v) is 5.20. The van der Waals surface area contributed by atoms with Crippen molar-refractivity contribution in [2.75, 3.05) is 5.73 Å². The van der Waals surface area contributed by atoms with E-state index in [2.05, 4.69) is 5.32 Å². The quantitative estimate of drug-likeness (QED) is 0.847. The highest BCUT2D eigenvalue weighted by atomic mass is 32.1. The fourth-order valence-corrected chi connectivity index (χ4v) is 2.47. The number of carbonyl (C=O) groups excluding carboxylic acids is 1. The van der Waals surface area contributed by atoms with E-state index in [0.29, 0.717) is 5.56 Å². The second kappa shape index (κ2) is 5.40. The van der Waals surface area contributed by atoms with Gasteiger partial charge in [0.05, 0.1) is 6.04 Å². The van der Waals surface area contributed by atoms with Crippen LogP contribution in [0.3, 0.4) is 0 Å². The molecule has 0 radical (unpaired) electrons. The van der Waals surface area contributed by atoms with E-state index < -0.39 is 5.82 Å². The Bertz CT molecular complexity index is 572. The summed E-state index contributed by atoms with van der Waals surface area (Å²) in [6.45, 7) is 3.47. The number of hydrogen-bond acceptors (Lipinski definition) is 3. The number of rotatable bonds is 3. The molecule has 0 saturated heterocycles. The van der Waals surface area contributed by atoms with E-state index in [0.717, 1.165) is 5.56 Å². The summed E-state index contributed by atoms with van der Waals surface area (Å²) in [4.78, 5) is 12.0. The van der Waals surface area contributed by atoms with E-state index in [1.807, 2.05) is 23.8 Å². The number of anilines is 1. The van der Waals surface area contributed by atoms with Gasteiger partial charge in [0.2, 0.25) is 0 Å². The molecule has 19 heavy (non-hydrogen) atoms. The van der Waals surface area contributed by atoms with Crippen LogP contribution < -0.4 is 11.1 Å². The number of thiophene rings is 1. The summed E-state index contributed by atoms with van der Waals surface area (Å²) in [5.41, 5.74) is 7.58. The van der Waals surface area contributed by atoms with Crippen LogP contribution in [0, 0.1) is 12.7 Å². The first-order valence-electron chi connectivity index (χ1n) is 5.87. The van der Waals surface area contributed by atoms with Gasteiger partial charge in [-0.15, -0.1) is 0 Å². The van der Waals surface area contributed by atoms with Gasteiger partial charge in [-0.05, 0) is 48.4 Å². The maximum Gasteiger partial charge on any atom is 0.251 e. The van der Waals surface area contributed by atoms with Crippen molar-refractivity contribution in [2.24, 2.45) is 0 Å². The van der Waals surface area contributed by atoms with Crippen molar-refractivity contribution < 1.29 is 9.18 Å². The summed E-state index contributed by atoms with van der Waals surface area (Å²) in [6, 6.07) is 4.53. The molecule has 0 bridgehead atoms. The number of carbonyl (C=O) groups is 1. The summed E-state index contributed by atoms with van der Waals surface area (Å²) in [5, 5.41) is 6.73. The Morgan fingerprint density at radius 1 is 1.47 bits per heavy atom. The molecule has 2 aromatic rings. The van der Waals surface area contributed by atoms with Crippen LogP contribution in [-0.2, 0) is 0 Å². The third kappa shape index (κ3) is 2.93. The van der Waals surface area contributed by atoms with Gasteiger partial charge in [0, 0.05) is 16.8 Å². The highest BCUT2D eigenvalue weighted by Crippen LogP contribution is 2.19. The smallest absolute Gasteiger partial charge is 0.251 e. The van der Waals surface area contributed by atoms with Gasteiger partial charge in [0.25, 0.3) is 5.91 Å². The predicted octanol–water partition coefficient (Wildman–Crippen LogP) is 3.27. The van der Waals surface area contributed by atoms with Crippen molar-refractivity contribution in [3.8, 4) is 0 Å². The van der Waals surface area contributed by atoms with Gasteiger partial charge in [-0.1, -0.05) is 0 Å². The van der Waals surface area contributed by atoms with E-state index in [9.17, 15) is 9.18 Å². The van der Waals surface area contributed by atoms with Gasteiger partial charge in [0.1, 0.15) is 5.82 Å². The molecule has 0 fully saturated rings. The summed E-state index contributed by atoms with van der Waals surface area (Å²) < 4.78 is 13.6. The van der Waals surface area contributed by atoms with Crippen LogP contribution in [0.15, 0.2) is 29.0 Å². The van der Waals surface area contributed by atoms with Gasteiger partial charge in [0.15, 0.2) is 0 Å². The van der Waals surface area contributed by atoms with Crippen molar-refractivity contribution in [3.05, 3.63) is 51.5 Å². The van der Waals surface area contributed by atoms with Gasteiger partial charge in [-0.3, -0.25) is 4.79 Å². The number of hydrogen-bond donors (Lipinski definition) is 2. The molecule has 1 aromatic carbocycles. The Labute approximate surface area is 115 Å². The maximum absolute atomic E-state index is 13.6. The van der Waals surface area contributed by atoms with Crippen LogP contribution in [0.5, 0.6) is 0 Å². The average Bonchev–Trinajstić information content (AvgIpc) is 2.89. The summed E-state index contributed by atoms with van der Waals surface area (Å²) in [5.74, 6) is -0.794. The van der Waals surface area contributed by atoms with Crippen LogP contribution in [-0.4, -0.2) is 5.91 Å². The van der Waals surface area contributed by atoms with Crippen LogP contribution in [0.2, 0.25) is 0 Å². The topological polar surface area (TPSA) is 55.1 Å². The Morgan fingerprint density at radius 2 is 2.21 bits per heavy atom. The number of amides is 1. The standard InChI is InChI=1S/C14H15FN2OS/c1-8-12(15)5-11(6-13(8)16)14(18)17-9(2)10-3-4-19-7-10/h3-7,9H,16H2,1-2H3,(H,17,18). The van der Waals surface area contributed by atoms with Gasteiger partial charge < -0.3 is 11.1 Å². The van der Waals surface area contributed by atoms with Gasteiger partial charge in [-0.25, -0.2) is 4.39 Å². The number of benzene rings is 1. The number of nitrogens with one attached hydrogen (secondary N) is 1. The minimum atomic E-state index is -0.465. The molecule has 3 nitrogen and oxygen atoms in total. The van der Waals surface area contributed by atoms with E-state index in [4.69, 9.17) is 5.73 Å². The lowest BCUT2D eigenvalue weighted by Crippen LogP contribution is -2.26. The molecular formula is C14H15FN2OS. The summed E-state index contributed by atoms with van der Waals surface area (Å²) in [6.07, 6.45) is 0. The monoisotopic (exact) mass is 278 g/mol. The fourth-order valence-electron chi connectivity index (χ4n) is 1.72. The molecule has 0 aliphatic heterocycles. The van der Waals surface area contributed by atoms with E-state index in [1.165, 1.54) is 12.1 Å². The molecule has 1 atom stereocenters. The molecule has 100 valence electrons. The van der Waals surface area contributed by atoms with Crippen molar-refractivity contribution in [1.82, 2.24) is 5.32 Å². The predicted molar refractivity (Wildman–Crippen MR) is 75.7 cm³/mol. The third-order valence-electron chi connectivity index (χ3n) is 3.04. The summed E-state index contributed by atoms with van der Waals surface area (Å²) >= 11 is 1.57. The Balaban J connectivity index is 2.16. The first-order chi connectivity index (χ1) is 8.99. The highest BCUT2D eigenvalue weighted by molar-refractivity contribution is 7.07. The number of nitrogens with two attached hydrogens (primary N) is 1. The molecule has 5 heteroatoms. The molecule has 0 aliphatic carbocycles. The average molecular weight is 278 g/mol. The van der Waals surface area contributed by atoms with Crippen LogP contribution in [0.4, 0.5) is 10.1 Å². The van der Waals surface area contributed by atoms with Crippen molar-refractivity contribution in [3.63, 3.8) is 0 Å². The molecule has 1 aromatic heterocycles. The molecule has 1 unspecified atom stereocenters. The first kappa shape index (κ1) is 13.5. The van der Waals surface area contributed by atoms with Crippen LogP contribution in [0.1, 0.15) is 34.5 Å².